The molecule has 0 saturated heterocycles. The van der Waals surface area contributed by atoms with Gasteiger partial charge in [0.1, 0.15) is 11.8 Å². The van der Waals surface area contributed by atoms with Crippen LogP contribution in [0.25, 0.3) is 10.8 Å². The van der Waals surface area contributed by atoms with Crippen LogP contribution in [0.2, 0.25) is 0 Å². The smallest absolute Gasteiger partial charge is 0.410 e. The van der Waals surface area contributed by atoms with Crippen molar-refractivity contribution < 1.29 is 13.9 Å². The van der Waals surface area contributed by atoms with Gasteiger partial charge in [-0.05, 0) is 56.5 Å². The Bertz CT molecular complexity index is 1040. The molecule has 0 aromatic heterocycles. The van der Waals surface area contributed by atoms with E-state index in [0.29, 0.717) is 5.56 Å². The summed E-state index contributed by atoms with van der Waals surface area (Å²) in [6, 6.07) is 21.4. The van der Waals surface area contributed by atoms with Crippen molar-refractivity contribution in [2.45, 2.75) is 58.9 Å². The molecule has 4 heteroatoms. The van der Waals surface area contributed by atoms with E-state index in [-0.39, 0.29) is 19.0 Å². The third-order valence-electron chi connectivity index (χ3n) is 5.40. The lowest BCUT2D eigenvalue weighted by atomic mass is 9.98. The quantitative estimate of drug-likeness (QED) is 0.411. The number of halogens is 1. The van der Waals surface area contributed by atoms with Crippen molar-refractivity contribution in [2.24, 2.45) is 0 Å². The van der Waals surface area contributed by atoms with Gasteiger partial charge in [0.15, 0.2) is 0 Å². The first-order valence-corrected chi connectivity index (χ1v) is 10.8. The summed E-state index contributed by atoms with van der Waals surface area (Å²) in [6.45, 7) is 9.72. The molecule has 0 saturated carbocycles. The molecule has 0 aliphatic rings. The molecule has 1 amide bonds. The molecule has 1 unspecified atom stereocenters. The number of hydrogen-bond donors (Lipinski definition) is 0. The molecule has 3 rings (SSSR count). The number of amides is 1. The van der Waals surface area contributed by atoms with Crippen LogP contribution in [0.1, 0.15) is 63.0 Å². The van der Waals surface area contributed by atoms with Crippen molar-refractivity contribution >= 4 is 16.9 Å². The van der Waals surface area contributed by atoms with Gasteiger partial charge in [0.25, 0.3) is 0 Å². The monoisotopic (exact) mass is 421 g/mol. The first-order valence-electron chi connectivity index (χ1n) is 10.8. The molecule has 0 bridgehead atoms. The van der Waals surface area contributed by atoms with E-state index in [2.05, 4.69) is 18.2 Å². The van der Waals surface area contributed by atoms with E-state index in [4.69, 9.17) is 4.74 Å². The van der Waals surface area contributed by atoms with Gasteiger partial charge >= 0.3 is 6.09 Å². The lowest BCUT2D eigenvalue weighted by Crippen LogP contribution is -2.39. The zero-order valence-corrected chi connectivity index (χ0v) is 19.1. The normalized spacial score (nSPS) is 13.6. The van der Waals surface area contributed by atoms with Crippen LogP contribution in [0.15, 0.2) is 66.7 Å². The van der Waals surface area contributed by atoms with Crippen LogP contribution in [-0.4, -0.2) is 23.1 Å². The molecular formula is C27H32FNO2. The minimum atomic E-state index is -1.15. The number of alkyl halides is 1. The van der Waals surface area contributed by atoms with Gasteiger partial charge in [-0.1, -0.05) is 72.3 Å². The van der Waals surface area contributed by atoms with Crippen LogP contribution in [0.5, 0.6) is 0 Å². The van der Waals surface area contributed by atoms with E-state index in [1.165, 1.54) is 0 Å². The van der Waals surface area contributed by atoms with Crippen molar-refractivity contribution in [2.75, 3.05) is 6.54 Å². The topological polar surface area (TPSA) is 29.5 Å². The largest absolute Gasteiger partial charge is 0.444 e. The molecule has 0 heterocycles. The van der Waals surface area contributed by atoms with Crippen LogP contribution in [0.4, 0.5) is 9.18 Å². The maximum atomic E-state index is 15.0. The molecule has 2 atom stereocenters. The van der Waals surface area contributed by atoms with E-state index >= 15 is 4.39 Å². The number of carbonyl (C=O) groups excluding carboxylic acids is 1. The van der Waals surface area contributed by atoms with Crippen LogP contribution in [0, 0.1) is 6.92 Å². The lowest BCUT2D eigenvalue weighted by molar-refractivity contribution is 0.0158. The standard InChI is InChI=1S/C27H32FNO2/c1-19-10-8-13-22(18-19)25(28)16-17-29(26(30)31-27(3,4)5)20(2)23-15-9-12-21-11-6-7-14-24(21)23/h6-15,18,20,25H,16-17H2,1-5H3/t20-,25?/m1/s1. The van der Waals surface area contributed by atoms with Crippen molar-refractivity contribution in [1.29, 1.82) is 0 Å². The third kappa shape index (κ3) is 5.84. The van der Waals surface area contributed by atoms with Crippen molar-refractivity contribution in [3.05, 3.63) is 83.4 Å². The number of hydrogen-bond acceptors (Lipinski definition) is 2. The number of aryl methyl sites for hydroxylation is 1. The fourth-order valence-corrected chi connectivity index (χ4v) is 3.83. The number of fused-ring (bicyclic) bond motifs is 1. The highest BCUT2D eigenvalue weighted by molar-refractivity contribution is 5.86. The van der Waals surface area contributed by atoms with Crippen LogP contribution in [-0.2, 0) is 4.74 Å². The van der Waals surface area contributed by atoms with E-state index in [1.807, 2.05) is 77.1 Å². The Hall–Kier alpha value is -2.88. The van der Waals surface area contributed by atoms with Crippen LogP contribution in [0.3, 0.4) is 0 Å². The van der Waals surface area contributed by atoms with E-state index in [1.54, 1.807) is 11.0 Å². The zero-order valence-electron chi connectivity index (χ0n) is 19.1. The highest BCUT2D eigenvalue weighted by Crippen LogP contribution is 2.31. The molecule has 3 aromatic rings. The second-order valence-electron chi connectivity index (χ2n) is 9.09. The molecule has 0 aliphatic heterocycles. The van der Waals surface area contributed by atoms with Crippen LogP contribution < -0.4 is 0 Å². The summed E-state index contributed by atoms with van der Waals surface area (Å²) in [7, 11) is 0. The minimum absolute atomic E-state index is 0.206. The van der Waals surface area contributed by atoms with Gasteiger partial charge in [-0.2, -0.15) is 0 Å². The molecular weight excluding hydrogens is 389 g/mol. The molecule has 0 N–H and O–H groups in total. The van der Waals surface area contributed by atoms with Crippen molar-refractivity contribution in [3.63, 3.8) is 0 Å². The number of nitrogens with zero attached hydrogens (tertiary/aromatic N) is 1. The average Bonchev–Trinajstić information content (AvgIpc) is 2.72. The molecule has 0 aliphatic carbocycles. The van der Waals surface area contributed by atoms with Crippen LogP contribution >= 0.6 is 0 Å². The molecule has 0 fully saturated rings. The molecule has 3 aromatic carbocycles. The van der Waals surface area contributed by atoms with E-state index in [0.717, 1.165) is 21.9 Å². The molecule has 3 nitrogen and oxygen atoms in total. The summed E-state index contributed by atoms with van der Waals surface area (Å²) in [5, 5.41) is 2.20. The van der Waals surface area contributed by atoms with Gasteiger partial charge in [0, 0.05) is 13.0 Å². The summed E-state index contributed by atoms with van der Waals surface area (Å²) in [5.74, 6) is 0. The lowest BCUT2D eigenvalue weighted by Gasteiger charge is -2.33. The highest BCUT2D eigenvalue weighted by Gasteiger charge is 2.28. The summed E-state index contributed by atoms with van der Waals surface area (Å²) in [4.78, 5) is 14.7. The number of ether oxygens (including phenoxy) is 1. The molecule has 164 valence electrons. The Morgan fingerprint density at radius 1 is 1.03 bits per heavy atom. The number of rotatable bonds is 6. The fourth-order valence-electron chi connectivity index (χ4n) is 3.83. The fraction of sp³-hybridized carbons (Fsp3) is 0.370. The second-order valence-corrected chi connectivity index (χ2v) is 9.09. The molecule has 0 spiro atoms. The van der Waals surface area contributed by atoms with Gasteiger partial charge in [-0.25, -0.2) is 9.18 Å². The Balaban J connectivity index is 1.87. The van der Waals surface area contributed by atoms with Gasteiger partial charge in [0.05, 0.1) is 6.04 Å². The predicted molar refractivity (Wildman–Crippen MR) is 125 cm³/mol. The molecule has 31 heavy (non-hydrogen) atoms. The maximum Gasteiger partial charge on any atom is 0.410 e. The first kappa shape index (κ1) is 22.8. The SMILES string of the molecule is Cc1cccc(C(F)CCN(C(=O)OC(C)(C)C)[C@H](C)c2cccc3ccccc23)c1. The van der Waals surface area contributed by atoms with Gasteiger partial charge < -0.3 is 9.64 Å². The first-order chi connectivity index (χ1) is 14.7. The average molecular weight is 422 g/mol. The van der Waals surface area contributed by atoms with Gasteiger partial charge in [-0.15, -0.1) is 0 Å². The van der Waals surface area contributed by atoms with Crippen molar-refractivity contribution in [3.8, 4) is 0 Å². The van der Waals surface area contributed by atoms with Gasteiger partial charge in [0.2, 0.25) is 0 Å². The summed E-state index contributed by atoms with van der Waals surface area (Å²) in [6.07, 6.45) is -1.37. The second kappa shape index (κ2) is 9.51. The van der Waals surface area contributed by atoms with E-state index in [9.17, 15) is 4.79 Å². The maximum absolute atomic E-state index is 15.0. The third-order valence-corrected chi connectivity index (χ3v) is 5.40. The van der Waals surface area contributed by atoms with Gasteiger partial charge in [-0.3, -0.25) is 0 Å². The zero-order chi connectivity index (χ0) is 22.6. The number of benzene rings is 3. The minimum Gasteiger partial charge on any atom is -0.444 e. The summed E-state index contributed by atoms with van der Waals surface area (Å²) >= 11 is 0. The Morgan fingerprint density at radius 3 is 2.42 bits per heavy atom. The predicted octanol–water partition coefficient (Wildman–Crippen LogP) is 7.55. The Kier molecular flexibility index (Phi) is 6.99. The van der Waals surface area contributed by atoms with Crippen molar-refractivity contribution in [1.82, 2.24) is 4.90 Å². The summed E-state index contributed by atoms with van der Waals surface area (Å²) in [5.41, 5.74) is 2.06. The Labute approximate surface area is 184 Å². The summed E-state index contributed by atoms with van der Waals surface area (Å²) < 4.78 is 20.7. The number of carbonyl (C=O) groups is 1. The Morgan fingerprint density at radius 2 is 1.71 bits per heavy atom. The van der Waals surface area contributed by atoms with E-state index < -0.39 is 17.9 Å². The highest BCUT2D eigenvalue weighted by atomic mass is 19.1. The molecule has 0 radical (unpaired) electrons.